The van der Waals surface area contributed by atoms with Gasteiger partial charge in [-0.15, -0.1) is 0 Å². The van der Waals surface area contributed by atoms with Crippen LogP contribution in [0.15, 0.2) is 71.6 Å². The Labute approximate surface area is 192 Å². The fourth-order valence-electron chi connectivity index (χ4n) is 3.96. The predicted octanol–water partition coefficient (Wildman–Crippen LogP) is 5.45. The SMILES string of the molecule is O=C(Nc1c(F)cc(F)cc1-c1ccccc1)c1cccc(S(=O)(=O)N2CCCCCC2)c1. The van der Waals surface area contributed by atoms with E-state index in [1.165, 1.54) is 28.6 Å². The van der Waals surface area contributed by atoms with Crippen molar-refractivity contribution < 1.29 is 22.0 Å². The summed E-state index contributed by atoms with van der Waals surface area (Å²) >= 11 is 0. The highest BCUT2D eigenvalue weighted by Crippen LogP contribution is 2.32. The van der Waals surface area contributed by atoms with Crippen LogP contribution in [0.2, 0.25) is 0 Å². The number of nitrogens with one attached hydrogen (secondary N) is 1. The van der Waals surface area contributed by atoms with Gasteiger partial charge in [0.05, 0.1) is 10.6 Å². The molecule has 1 fully saturated rings. The van der Waals surface area contributed by atoms with Crippen LogP contribution < -0.4 is 5.32 Å². The fourth-order valence-corrected chi connectivity index (χ4v) is 5.52. The number of carbonyl (C=O) groups is 1. The van der Waals surface area contributed by atoms with Crippen molar-refractivity contribution in [2.24, 2.45) is 0 Å². The van der Waals surface area contributed by atoms with Crippen molar-refractivity contribution in [3.05, 3.63) is 83.9 Å². The van der Waals surface area contributed by atoms with Crippen LogP contribution in [0.3, 0.4) is 0 Å². The molecule has 1 heterocycles. The van der Waals surface area contributed by atoms with Crippen molar-refractivity contribution >= 4 is 21.6 Å². The molecule has 1 aliphatic heterocycles. The maximum Gasteiger partial charge on any atom is 0.255 e. The van der Waals surface area contributed by atoms with E-state index in [1.807, 2.05) is 0 Å². The molecule has 0 saturated carbocycles. The molecule has 1 aliphatic rings. The molecule has 0 radical (unpaired) electrons. The summed E-state index contributed by atoms with van der Waals surface area (Å²) in [6.45, 7) is 0.889. The topological polar surface area (TPSA) is 66.5 Å². The van der Waals surface area contributed by atoms with Crippen molar-refractivity contribution in [1.82, 2.24) is 4.31 Å². The summed E-state index contributed by atoms with van der Waals surface area (Å²) in [5.74, 6) is -2.38. The van der Waals surface area contributed by atoms with Gasteiger partial charge in [0.1, 0.15) is 11.6 Å². The number of carbonyl (C=O) groups excluding carboxylic acids is 1. The Morgan fingerprint density at radius 2 is 1.55 bits per heavy atom. The number of hydrogen-bond donors (Lipinski definition) is 1. The van der Waals surface area contributed by atoms with Crippen molar-refractivity contribution in [3.8, 4) is 11.1 Å². The minimum absolute atomic E-state index is 0.0138. The maximum atomic E-state index is 14.7. The molecule has 3 aromatic carbocycles. The molecule has 0 unspecified atom stereocenters. The number of halogens is 2. The van der Waals surface area contributed by atoms with Gasteiger partial charge in [-0.25, -0.2) is 17.2 Å². The van der Waals surface area contributed by atoms with Crippen LogP contribution in [0.25, 0.3) is 11.1 Å². The third kappa shape index (κ3) is 5.12. The van der Waals surface area contributed by atoms with Gasteiger partial charge in [-0.3, -0.25) is 4.79 Å². The summed E-state index contributed by atoms with van der Waals surface area (Å²) in [5, 5.41) is 2.50. The minimum atomic E-state index is -3.75. The second-order valence-electron chi connectivity index (χ2n) is 7.98. The molecular weight excluding hydrogens is 446 g/mol. The monoisotopic (exact) mass is 470 g/mol. The highest BCUT2D eigenvalue weighted by atomic mass is 32.2. The Bertz CT molecular complexity index is 1260. The van der Waals surface area contributed by atoms with Gasteiger partial charge in [-0.05, 0) is 42.7 Å². The Kier molecular flexibility index (Phi) is 6.85. The molecule has 8 heteroatoms. The van der Waals surface area contributed by atoms with E-state index < -0.39 is 27.6 Å². The first-order valence-corrected chi connectivity index (χ1v) is 12.3. The zero-order valence-corrected chi connectivity index (χ0v) is 18.7. The molecule has 1 N–H and O–H groups in total. The van der Waals surface area contributed by atoms with Gasteiger partial charge in [-0.1, -0.05) is 49.2 Å². The van der Waals surface area contributed by atoms with Gasteiger partial charge in [-0.2, -0.15) is 4.31 Å². The molecule has 4 rings (SSSR count). The number of rotatable bonds is 5. The van der Waals surface area contributed by atoms with Gasteiger partial charge in [0.2, 0.25) is 10.0 Å². The van der Waals surface area contributed by atoms with E-state index in [2.05, 4.69) is 5.32 Å². The lowest BCUT2D eigenvalue weighted by atomic mass is 10.0. The van der Waals surface area contributed by atoms with Crippen LogP contribution in [0, 0.1) is 11.6 Å². The van der Waals surface area contributed by atoms with Gasteiger partial charge in [0.25, 0.3) is 5.91 Å². The second kappa shape index (κ2) is 9.80. The minimum Gasteiger partial charge on any atom is -0.319 e. The molecule has 1 saturated heterocycles. The first kappa shape index (κ1) is 23.1. The van der Waals surface area contributed by atoms with Crippen LogP contribution >= 0.6 is 0 Å². The van der Waals surface area contributed by atoms with Gasteiger partial charge < -0.3 is 5.32 Å². The summed E-state index contributed by atoms with van der Waals surface area (Å²) in [6, 6.07) is 16.1. The molecule has 0 aliphatic carbocycles. The zero-order chi connectivity index (χ0) is 23.4. The summed E-state index contributed by atoms with van der Waals surface area (Å²) in [7, 11) is -3.75. The Morgan fingerprint density at radius 3 is 2.24 bits per heavy atom. The molecule has 0 aromatic heterocycles. The maximum absolute atomic E-state index is 14.7. The van der Waals surface area contributed by atoms with Crippen molar-refractivity contribution in [1.29, 1.82) is 0 Å². The lowest BCUT2D eigenvalue weighted by Gasteiger charge is -2.20. The molecule has 0 spiro atoms. The molecule has 3 aromatic rings. The molecule has 0 atom stereocenters. The third-order valence-corrected chi connectivity index (χ3v) is 7.57. The van der Waals surface area contributed by atoms with Crippen molar-refractivity contribution in [3.63, 3.8) is 0 Å². The van der Waals surface area contributed by atoms with E-state index in [1.54, 1.807) is 30.3 Å². The fraction of sp³-hybridized carbons (Fsp3) is 0.240. The van der Waals surface area contributed by atoms with E-state index in [0.29, 0.717) is 24.7 Å². The quantitative estimate of drug-likeness (QED) is 0.539. The average molecular weight is 471 g/mol. The average Bonchev–Trinajstić information content (AvgIpc) is 3.11. The van der Waals surface area contributed by atoms with Gasteiger partial charge in [0.15, 0.2) is 0 Å². The number of hydrogen-bond acceptors (Lipinski definition) is 3. The van der Waals surface area contributed by atoms with Gasteiger partial charge >= 0.3 is 0 Å². The summed E-state index contributed by atoms with van der Waals surface area (Å²) < 4.78 is 56.2. The first-order chi connectivity index (χ1) is 15.9. The van der Waals surface area contributed by atoms with E-state index in [-0.39, 0.29) is 21.7 Å². The molecule has 172 valence electrons. The predicted molar refractivity (Wildman–Crippen MR) is 123 cm³/mol. The molecule has 33 heavy (non-hydrogen) atoms. The number of sulfonamides is 1. The number of benzene rings is 3. The Balaban J connectivity index is 1.64. The van der Waals surface area contributed by atoms with Crippen LogP contribution in [-0.4, -0.2) is 31.7 Å². The normalized spacial score (nSPS) is 15.1. The number of amides is 1. The lowest BCUT2D eigenvalue weighted by molar-refractivity contribution is 0.102. The molecular formula is C25H24F2N2O3S. The first-order valence-electron chi connectivity index (χ1n) is 10.8. The molecule has 0 bridgehead atoms. The van der Waals surface area contributed by atoms with Crippen LogP contribution in [0.1, 0.15) is 36.0 Å². The van der Waals surface area contributed by atoms with E-state index in [0.717, 1.165) is 31.7 Å². The van der Waals surface area contributed by atoms with E-state index in [9.17, 15) is 22.0 Å². The Hall–Kier alpha value is -3.10. The van der Waals surface area contributed by atoms with Crippen LogP contribution in [-0.2, 0) is 10.0 Å². The lowest BCUT2D eigenvalue weighted by Crippen LogP contribution is -2.32. The van der Waals surface area contributed by atoms with Crippen molar-refractivity contribution in [2.75, 3.05) is 18.4 Å². The van der Waals surface area contributed by atoms with E-state index in [4.69, 9.17) is 0 Å². The van der Waals surface area contributed by atoms with E-state index >= 15 is 0 Å². The summed E-state index contributed by atoms with van der Waals surface area (Å²) in [6.07, 6.45) is 3.57. The highest BCUT2D eigenvalue weighted by Gasteiger charge is 2.26. The summed E-state index contributed by atoms with van der Waals surface area (Å²) in [4.78, 5) is 13.0. The summed E-state index contributed by atoms with van der Waals surface area (Å²) in [5.41, 5.74) is 0.612. The number of nitrogens with zero attached hydrogens (tertiary/aromatic N) is 1. The standard InChI is InChI=1S/C25H24F2N2O3S/c26-20-16-22(18-9-4-3-5-10-18)24(23(27)17-20)28-25(30)19-11-8-12-21(15-19)33(31,32)29-13-6-1-2-7-14-29/h3-5,8-12,15-17H,1-2,6-7,13-14H2,(H,28,30). The zero-order valence-electron chi connectivity index (χ0n) is 17.9. The molecule has 1 amide bonds. The van der Waals surface area contributed by atoms with Crippen molar-refractivity contribution in [2.45, 2.75) is 30.6 Å². The van der Waals surface area contributed by atoms with Crippen LogP contribution in [0.5, 0.6) is 0 Å². The Morgan fingerprint density at radius 1 is 0.848 bits per heavy atom. The smallest absolute Gasteiger partial charge is 0.255 e. The number of anilines is 1. The van der Waals surface area contributed by atoms with Gasteiger partial charge in [0, 0.05) is 30.3 Å². The van der Waals surface area contributed by atoms with Crippen LogP contribution in [0.4, 0.5) is 14.5 Å². The molecule has 5 nitrogen and oxygen atoms in total. The largest absolute Gasteiger partial charge is 0.319 e. The highest BCUT2D eigenvalue weighted by molar-refractivity contribution is 7.89. The second-order valence-corrected chi connectivity index (χ2v) is 9.91. The third-order valence-electron chi connectivity index (χ3n) is 5.68.